The lowest BCUT2D eigenvalue weighted by Crippen LogP contribution is -1.95. The monoisotopic (exact) mass is 249 g/mol. The highest BCUT2D eigenvalue weighted by Gasteiger charge is 2.08. The first kappa shape index (κ1) is 9.22. The molecule has 0 aliphatic heterocycles. The molecule has 0 fully saturated rings. The van der Waals surface area contributed by atoms with Crippen LogP contribution in [0.15, 0.2) is 22.8 Å². The van der Waals surface area contributed by atoms with E-state index < -0.39 is 0 Å². The van der Waals surface area contributed by atoms with Crippen molar-refractivity contribution in [2.75, 3.05) is 0 Å². The molecule has 14 heavy (non-hydrogen) atoms. The summed E-state index contributed by atoms with van der Waals surface area (Å²) in [6.45, 7) is 2.84. The summed E-state index contributed by atoms with van der Waals surface area (Å²) < 4.78 is 2.70. The average molecular weight is 250 g/mol. The summed E-state index contributed by atoms with van der Waals surface area (Å²) >= 11 is 3.35. The molecule has 0 N–H and O–H groups in total. The molecule has 1 aromatic carbocycles. The molecule has 1 heterocycles. The minimum Gasteiger partial charge on any atom is -0.265 e. The Morgan fingerprint density at radius 3 is 3.00 bits per heavy atom. The molecule has 0 radical (unpaired) electrons. The second-order valence-electron chi connectivity index (χ2n) is 2.93. The molecule has 4 heteroatoms. The summed E-state index contributed by atoms with van der Waals surface area (Å²) in [6.07, 6.45) is 1.74. The Bertz CT molecular complexity index is 522. The highest BCUT2D eigenvalue weighted by molar-refractivity contribution is 9.10. The van der Waals surface area contributed by atoms with Crippen LogP contribution in [-0.4, -0.2) is 9.78 Å². The standard InChI is InChI=1S/C10H8BrN3/c1-2-14-10-4-3-9(11)7(5-12)8(10)6-13-14/h3-4,6H,2H2,1H3. The second-order valence-corrected chi connectivity index (χ2v) is 3.78. The number of nitrogens with zero attached hydrogens (tertiary/aromatic N) is 3. The Morgan fingerprint density at radius 2 is 2.36 bits per heavy atom. The molecule has 0 saturated carbocycles. The van der Waals surface area contributed by atoms with E-state index in [9.17, 15) is 0 Å². The Labute approximate surface area is 90.1 Å². The van der Waals surface area contributed by atoms with E-state index in [2.05, 4.69) is 27.1 Å². The lowest BCUT2D eigenvalue weighted by Gasteiger charge is -1.99. The van der Waals surface area contributed by atoms with E-state index in [1.807, 2.05) is 23.7 Å². The molecule has 0 aliphatic rings. The van der Waals surface area contributed by atoms with Crippen LogP contribution in [0.1, 0.15) is 12.5 Å². The maximum atomic E-state index is 8.98. The summed E-state index contributed by atoms with van der Waals surface area (Å²) in [6, 6.07) is 6.03. The van der Waals surface area contributed by atoms with Crippen molar-refractivity contribution in [1.29, 1.82) is 5.26 Å². The van der Waals surface area contributed by atoms with Gasteiger partial charge < -0.3 is 0 Å². The number of aryl methyl sites for hydroxylation is 1. The van der Waals surface area contributed by atoms with Crippen LogP contribution in [0, 0.1) is 11.3 Å². The third-order valence-corrected chi connectivity index (χ3v) is 2.85. The van der Waals surface area contributed by atoms with Crippen LogP contribution in [0.3, 0.4) is 0 Å². The van der Waals surface area contributed by atoms with Crippen LogP contribution in [0.5, 0.6) is 0 Å². The van der Waals surface area contributed by atoms with E-state index in [-0.39, 0.29) is 0 Å². The van der Waals surface area contributed by atoms with Gasteiger partial charge in [-0.3, -0.25) is 4.68 Å². The Kier molecular flexibility index (Phi) is 2.26. The molecular formula is C10H8BrN3. The number of benzene rings is 1. The van der Waals surface area contributed by atoms with Crippen molar-refractivity contribution >= 4 is 26.8 Å². The number of halogens is 1. The van der Waals surface area contributed by atoms with Crippen LogP contribution >= 0.6 is 15.9 Å². The predicted molar refractivity (Wildman–Crippen MR) is 57.8 cm³/mol. The highest BCUT2D eigenvalue weighted by Crippen LogP contribution is 2.25. The normalized spacial score (nSPS) is 10.4. The molecule has 1 aromatic heterocycles. The Morgan fingerprint density at radius 1 is 1.57 bits per heavy atom. The summed E-state index contributed by atoms with van der Waals surface area (Å²) in [4.78, 5) is 0. The van der Waals surface area contributed by atoms with Crippen molar-refractivity contribution in [3.63, 3.8) is 0 Å². The average Bonchev–Trinajstić information content (AvgIpc) is 2.60. The third-order valence-electron chi connectivity index (χ3n) is 2.19. The van der Waals surface area contributed by atoms with Crippen LogP contribution in [-0.2, 0) is 6.54 Å². The van der Waals surface area contributed by atoms with E-state index >= 15 is 0 Å². The van der Waals surface area contributed by atoms with Crippen molar-refractivity contribution in [3.8, 4) is 6.07 Å². The molecule has 3 nitrogen and oxygen atoms in total. The molecule has 0 amide bonds. The predicted octanol–water partition coefficient (Wildman–Crippen LogP) is 2.69. The van der Waals surface area contributed by atoms with Crippen LogP contribution in [0.2, 0.25) is 0 Å². The lowest BCUT2D eigenvalue weighted by molar-refractivity contribution is 0.684. The van der Waals surface area contributed by atoms with Gasteiger partial charge in [-0.1, -0.05) is 0 Å². The van der Waals surface area contributed by atoms with Gasteiger partial charge in [0.25, 0.3) is 0 Å². The van der Waals surface area contributed by atoms with Crippen molar-refractivity contribution < 1.29 is 0 Å². The fraction of sp³-hybridized carbons (Fsp3) is 0.200. The number of nitriles is 1. The SMILES string of the molecule is CCn1ncc2c(C#N)c(Br)ccc21. The first-order valence-electron chi connectivity index (χ1n) is 4.32. The molecule has 70 valence electrons. The van der Waals surface area contributed by atoms with E-state index in [0.717, 1.165) is 21.9 Å². The third kappa shape index (κ3) is 1.21. The molecule has 0 aliphatic carbocycles. The van der Waals surface area contributed by atoms with Gasteiger partial charge in [0.15, 0.2) is 0 Å². The fourth-order valence-electron chi connectivity index (χ4n) is 1.49. The topological polar surface area (TPSA) is 41.6 Å². The summed E-state index contributed by atoms with van der Waals surface area (Å²) in [7, 11) is 0. The molecule has 2 aromatic rings. The summed E-state index contributed by atoms with van der Waals surface area (Å²) in [5.41, 5.74) is 1.66. The van der Waals surface area contributed by atoms with Gasteiger partial charge >= 0.3 is 0 Å². The quantitative estimate of drug-likeness (QED) is 0.780. The van der Waals surface area contributed by atoms with Gasteiger partial charge in [-0.05, 0) is 35.0 Å². The minimum absolute atomic E-state index is 0.655. The fourth-order valence-corrected chi connectivity index (χ4v) is 1.93. The first-order valence-corrected chi connectivity index (χ1v) is 5.11. The van der Waals surface area contributed by atoms with Gasteiger partial charge in [0.2, 0.25) is 0 Å². The van der Waals surface area contributed by atoms with E-state index in [4.69, 9.17) is 5.26 Å². The minimum atomic E-state index is 0.655. The maximum absolute atomic E-state index is 8.98. The van der Waals surface area contributed by atoms with Gasteiger partial charge in [-0.2, -0.15) is 10.4 Å². The van der Waals surface area contributed by atoms with Crippen LogP contribution < -0.4 is 0 Å². The van der Waals surface area contributed by atoms with E-state index in [0.29, 0.717) is 5.56 Å². The van der Waals surface area contributed by atoms with Gasteiger partial charge in [0.05, 0.1) is 17.3 Å². The molecular weight excluding hydrogens is 242 g/mol. The van der Waals surface area contributed by atoms with Crippen LogP contribution in [0.4, 0.5) is 0 Å². The largest absolute Gasteiger partial charge is 0.265 e. The maximum Gasteiger partial charge on any atom is 0.101 e. The number of fused-ring (bicyclic) bond motifs is 1. The zero-order valence-corrected chi connectivity index (χ0v) is 9.24. The number of hydrogen-bond acceptors (Lipinski definition) is 2. The number of rotatable bonds is 1. The Balaban J connectivity index is 2.85. The lowest BCUT2D eigenvalue weighted by atomic mass is 10.1. The zero-order chi connectivity index (χ0) is 10.1. The number of aromatic nitrogens is 2. The number of hydrogen-bond donors (Lipinski definition) is 0. The van der Waals surface area contributed by atoms with Crippen LogP contribution in [0.25, 0.3) is 10.9 Å². The van der Waals surface area contributed by atoms with Crippen molar-refractivity contribution in [3.05, 3.63) is 28.4 Å². The molecule has 0 unspecified atom stereocenters. The van der Waals surface area contributed by atoms with E-state index in [1.165, 1.54) is 0 Å². The van der Waals surface area contributed by atoms with E-state index in [1.54, 1.807) is 6.20 Å². The first-order chi connectivity index (χ1) is 6.77. The zero-order valence-electron chi connectivity index (χ0n) is 7.66. The highest BCUT2D eigenvalue weighted by atomic mass is 79.9. The molecule has 0 bridgehead atoms. The van der Waals surface area contributed by atoms with Crippen molar-refractivity contribution in [2.45, 2.75) is 13.5 Å². The van der Waals surface area contributed by atoms with Gasteiger partial charge in [-0.15, -0.1) is 0 Å². The molecule has 0 saturated heterocycles. The Hall–Kier alpha value is -1.34. The summed E-state index contributed by atoms with van der Waals surface area (Å²) in [5.74, 6) is 0. The van der Waals surface area contributed by atoms with Gasteiger partial charge in [0, 0.05) is 16.4 Å². The van der Waals surface area contributed by atoms with Gasteiger partial charge in [-0.25, -0.2) is 0 Å². The molecule has 0 spiro atoms. The summed E-state index contributed by atoms with van der Waals surface area (Å²) in [5, 5.41) is 14.1. The van der Waals surface area contributed by atoms with Crippen molar-refractivity contribution in [1.82, 2.24) is 9.78 Å². The van der Waals surface area contributed by atoms with Crippen molar-refractivity contribution in [2.24, 2.45) is 0 Å². The smallest absolute Gasteiger partial charge is 0.101 e. The second kappa shape index (κ2) is 3.43. The molecule has 0 atom stereocenters. The van der Waals surface area contributed by atoms with Gasteiger partial charge in [0.1, 0.15) is 6.07 Å². The molecule has 2 rings (SSSR count).